The van der Waals surface area contributed by atoms with Gasteiger partial charge in [0.25, 0.3) is 0 Å². The maximum Gasteiger partial charge on any atom is 0.331 e. The molecule has 222 valence electrons. The van der Waals surface area contributed by atoms with E-state index >= 15 is 0 Å². The lowest BCUT2D eigenvalue weighted by atomic mass is 9.41. The average Bonchev–Trinajstić information content (AvgIpc) is 3.33. The monoisotopic (exact) mass is 564 g/mol. The average molecular weight is 565 g/mol. The summed E-state index contributed by atoms with van der Waals surface area (Å²) in [6.07, 6.45) is -2.13. The third kappa shape index (κ3) is 2.85. The second-order valence-corrected chi connectivity index (χ2v) is 14.4. The van der Waals surface area contributed by atoms with Crippen LogP contribution in [-0.4, -0.2) is 104 Å². The van der Waals surface area contributed by atoms with Gasteiger partial charge in [-0.3, -0.25) is 0 Å². The van der Waals surface area contributed by atoms with Crippen LogP contribution in [-0.2, 0) is 28.5 Å². The Kier molecular flexibility index (Phi) is 5.20. The first-order valence-electron chi connectivity index (χ1n) is 14.8. The third-order valence-corrected chi connectivity index (χ3v) is 12.8. The van der Waals surface area contributed by atoms with Crippen molar-refractivity contribution in [2.45, 2.75) is 125 Å². The van der Waals surface area contributed by atoms with Crippen molar-refractivity contribution in [1.29, 1.82) is 0 Å². The van der Waals surface area contributed by atoms with E-state index in [4.69, 9.17) is 23.7 Å². The van der Waals surface area contributed by atoms with Crippen molar-refractivity contribution in [3.63, 3.8) is 0 Å². The standard InChI is InChI=1S/C29H40O11/c1-12-6-18(30)29(35)24(37-12)38-16-8-14-9-19-28(40-19)22(25(14,2)10-17(16)39-29)21(32)23(33)26(3)15(4-5-27(26,28)34)13-7-20(31)36-11-13/h7,12,14-19,21-24,30,32-35H,4-6,8-11H2,1-3H3/t12-,14-,15+,16-,17-,18-,19+,21+,22-,23+,24+,25+,26+,27-,28+,29+/m1/s1. The first-order chi connectivity index (χ1) is 18.8. The summed E-state index contributed by atoms with van der Waals surface area (Å²) in [5, 5.41) is 58.5. The van der Waals surface area contributed by atoms with Gasteiger partial charge in [0.2, 0.25) is 12.1 Å². The summed E-state index contributed by atoms with van der Waals surface area (Å²) in [6.45, 7) is 5.82. The molecule has 0 amide bonds. The summed E-state index contributed by atoms with van der Waals surface area (Å²) < 4.78 is 30.0. The molecule has 4 aliphatic heterocycles. The zero-order chi connectivity index (χ0) is 28.2. The Balaban J connectivity index is 1.16. The normalized spacial score (nSPS) is 63.5. The molecular weight excluding hydrogens is 524 g/mol. The maximum absolute atomic E-state index is 12.6. The Labute approximate surface area is 232 Å². The first kappa shape index (κ1) is 26.5. The van der Waals surface area contributed by atoms with E-state index in [2.05, 4.69) is 6.92 Å². The Morgan fingerprint density at radius 2 is 1.77 bits per heavy atom. The summed E-state index contributed by atoms with van der Waals surface area (Å²) in [7, 11) is 0. The van der Waals surface area contributed by atoms with Crippen LogP contribution in [0, 0.1) is 28.6 Å². The number of aliphatic hydroxyl groups excluding tert-OH is 3. The molecule has 5 N–H and O–H groups in total. The SMILES string of the molecule is C[C@@H]1C[C@@H](O)[C@]2(O)O[C@@H]3C[C@@]4(C)[C@@H](C[C@@H]5O[C@]56[C@@H]4[C@H](O)[C@H](O)[C@]4(C)[C@H](C5=CC(=O)OC5)CC[C@@]46O)C[C@H]3O[C@@H]2O1. The number of rotatable bonds is 1. The number of fused-ring (bicyclic) bond motifs is 5. The minimum atomic E-state index is -2.00. The lowest BCUT2D eigenvalue weighted by Gasteiger charge is -2.66. The van der Waals surface area contributed by atoms with Crippen molar-refractivity contribution in [1.82, 2.24) is 0 Å². The van der Waals surface area contributed by atoms with E-state index in [-0.39, 0.29) is 43.2 Å². The molecule has 4 saturated carbocycles. The third-order valence-electron chi connectivity index (χ3n) is 12.8. The summed E-state index contributed by atoms with van der Waals surface area (Å²) in [6, 6.07) is 0. The molecule has 0 radical (unpaired) electrons. The first-order valence-corrected chi connectivity index (χ1v) is 14.8. The number of carbonyl (C=O) groups excluding carboxylic acids is 1. The van der Waals surface area contributed by atoms with Gasteiger partial charge in [-0.05, 0) is 61.9 Å². The zero-order valence-electron chi connectivity index (χ0n) is 23.1. The summed E-state index contributed by atoms with van der Waals surface area (Å²) >= 11 is 0. The van der Waals surface area contributed by atoms with Crippen molar-refractivity contribution in [2.24, 2.45) is 28.6 Å². The number of aliphatic hydroxyl groups is 5. The second kappa shape index (κ2) is 7.86. The van der Waals surface area contributed by atoms with Gasteiger partial charge in [0, 0.05) is 23.8 Å². The van der Waals surface area contributed by atoms with Crippen LogP contribution in [0.1, 0.15) is 59.3 Å². The molecule has 40 heavy (non-hydrogen) atoms. The van der Waals surface area contributed by atoms with Gasteiger partial charge < -0.3 is 49.2 Å². The lowest BCUT2D eigenvalue weighted by molar-refractivity contribution is -0.458. The molecule has 0 unspecified atom stereocenters. The summed E-state index contributed by atoms with van der Waals surface area (Å²) in [4.78, 5) is 11.9. The Hall–Kier alpha value is -1.15. The fraction of sp³-hybridized carbons (Fsp3) is 0.897. The molecule has 1 spiro atoms. The minimum absolute atomic E-state index is 0.0377. The highest BCUT2D eigenvalue weighted by Crippen LogP contribution is 2.77. The highest BCUT2D eigenvalue weighted by molar-refractivity contribution is 5.85. The number of hydrogen-bond donors (Lipinski definition) is 5. The van der Waals surface area contributed by atoms with E-state index in [1.807, 2.05) is 13.8 Å². The highest BCUT2D eigenvalue weighted by atomic mass is 16.8. The molecule has 4 heterocycles. The second-order valence-electron chi connectivity index (χ2n) is 14.4. The van der Waals surface area contributed by atoms with Gasteiger partial charge in [-0.25, -0.2) is 4.79 Å². The van der Waals surface area contributed by atoms with Crippen LogP contribution < -0.4 is 0 Å². The largest absolute Gasteiger partial charge is 0.458 e. The van der Waals surface area contributed by atoms with Crippen LogP contribution in [0.25, 0.3) is 0 Å². The van der Waals surface area contributed by atoms with Crippen LogP contribution >= 0.6 is 0 Å². The van der Waals surface area contributed by atoms with Crippen molar-refractivity contribution < 1.29 is 54.0 Å². The number of epoxide rings is 1. The van der Waals surface area contributed by atoms with E-state index in [9.17, 15) is 30.3 Å². The predicted molar refractivity (Wildman–Crippen MR) is 133 cm³/mol. The molecular formula is C29H40O11. The number of esters is 1. The van der Waals surface area contributed by atoms with Gasteiger partial charge in [-0.2, -0.15) is 0 Å². The molecule has 11 heteroatoms. The number of carbonyl (C=O) groups is 1. The molecule has 8 aliphatic rings. The van der Waals surface area contributed by atoms with Gasteiger partial charge >= 0.3 is 5.97 Å². The van der Waals surface area contributed by atoms with Crippen LogP contribution in [0.5, 0.6) is 0 Å². The number of cyclic esters (lactones) is 1. The van der Waals surface area contributed by atoms with Gasteiger partial charge in [0.1, 0.15) is 23.9 Å². The van der Waals surface area contributed by atoms with Crippen molar-refractivity contribution in [2.75, 3.05) is 6.61 Å². The fourth-order valence-electron chi connectivity index (χ4n) is 10.8. The number of ether oxygens (including phenoxy) is 5. The van der Waals surface area contributed by atoms with Crippen LogP contribution in [0.4, 0.5) is 0 Å². The topological polar surface area (TPSA) is 168 Å². The molecule has 3 saturated heterocycles. The Bertz CT molecular complexity index is 1180. The molecule has 16 atom stereocenters. The van der Waals surface area contributed by atoms with E-state index in [1.165, 1.54) is 6.08 Å². The smallest absolute Gasteiger partial charge is 0.331 e. The predicted octanol–water partition coefficient (Wildman–Crippen LogP) is -0.105. The summed E-state index contributed by atoms with van der Waals surface area (Å²) in [5.74, 6) is -3.34. The molecule has 0 bridgehead atoms. The van der Waals surface area contributed by atoms with Gasteiger partial charge in [-0.1, -0.05) is 13.8 Å². The van der Waals surface area contributed by atoms with Crippen molar-refractivity contribution in [3.05, 3.63) is 11.6 Å². The molecule has 7 fully saturated rings. The van der Waals surface area contributed by atoms with Crippen molar-refractivity contribution in [3.8, 4) is 0 Å². The lowest BCUT2D eigenvalue weighted by Crippen LogP contribution is -2.78. The van der Waals surface area contributed by atoms with E-state index in [0.717, 1.165) is 5.57 Å². The van der Waals surface area contributed by atoms with Gasteiger partial charge in [-0.15, -0.1) is 0 Å². The molecule has 0 aromatic rings. The molecule has 0 aromatic heterocycles. The summed E-state index contributed by atoms with van der Waals surface area (Å²) in [5.41, 5.74) is -3.54. The molecule has 4 aliphatic carbocycles. The van der Waals surface area contributed by atoms with E-state index in [0.29, 0.717) is 32.1 Å². The molecule has 0 aromatic carbocycles. The molecule has 8 rings (SSSR count). The fourth-order valence-corrected chi connectivity index (χ4v) is 10.8. The van der Waals surface area contributed by atoms with Gasteiger partial charge in [0.05, 0.1) is 36.6 Å². The van der Waals surface area contributed by atoms with Crippen LogP contribution in [0.2, 0.25) is 0 Å². The van der Waals surface area contributed by atoms with Crippen molar-refractivity contribution >= 4 is 5.97 Å². The highest BCUT2D eigenvalue weighted by Gasteiger charge is 2.88. The maximum atomic E-state index is 12.6. The Morgan fingerprint density at radius 1 is 1.00 bits per heavy atom. The molecule has 11 nitrogen and oxygen atoms in total. The minimum Gasteiger partial charge on any atom is -0.458 e. The van der Waals surface area contributed by atoms with E-state index < -0.39 is 70.4 Å². The van der Waals surface area contributed by atoms with Crippen LogP contribution in [0.15, 0.2) is 11.6 Å². The number of hydrogen-bond acceptors (Lipinski definition) is 11. The van der Waals surface area contributed by atoms with Crippen LogP contribution in [0.3, 0.4) is 0 Å². The van der Waals surface area contributed by atoms with E-state index in [1.54, 1.807) is 0 Å². The zero-order valence-corrected chi connectivity index (χ0v) is 23.1. The quantitative estimate of drug-likeness (QED) is 0.164. The van der Waals surface area contributed by atoms with Gasteiger partial charge in [0.15, 0.2) is 0 Å². The Morgan fingerprint density at radius 3 is 2.50 bits per heavy atom.